The third-order valence-electron chi connectivity index (χ3n) is 5.52. The van der Waals surface area contributed by atoms with Crippen LogP contribution in [0.2, 0.25) is 5.02 Å². The average Bonchev–Trinajstić information content (AvgIpc) is 3.24. The van der Waals surface area contributed by atoms with Crippen LogP contribution in [-0.4, -0.2) is 41.7 Å². The molecule has 0 aliphatic carbocycles. The molecule has 168 valence electrons. The van der Waals surface area contributed by atoms with Gasteiger partial charge in [-0.1, -0.05) is 29.8 Å². The van der Waals surface area contributed by atoms with Crippen molar-refractivity contribution in [2.75, 3.05) is 18.4 Å². The molecule has 32 heavy (non-hydrogen) atoms. The Morgan fingerprint density at radius 2 is 2.00 bits per heavy atom. The van der Waals surface area contributed by atoms with Gasteiger partial charge in [0, 0.05) is 53.9 Å². The van der Waals surface area contributed by atoms with Crippen molar-refractivity contribution in [2.45, 2.75) is 31.1 Å². The molecule has 3 heterocycles. The van der Waals surface area contributed by atoms with Crippen LogP contribution < -0.4 is 5.32 Å². The topological polar surface area (TPSA) is 92.3 Å². The summed E-state index contributed by atoms with van der Waals surface area (Å²) in [6.07, 6.45) is 6.21. The van der Waals surface area contributed by atoms with Gasteiger partial charge in [-0.3, -0.25) is 9.78 Å². The van der Waals surface area contributed by atoms with Gasteiger partial charge in [0.15, 0.2) is 5.13 Å². The molecule has 0 radical (unpaired) electrons. The fourth-order valence-corrected chi connectivity index (χ4v) is 6.16. The fourth-order valence-electron chi connectivity index (χ4n) is 3.69. The highest BCUT2D eigenvalue weighted by atomic mass is 35.5. The molecule has 1 saturated heterocycles. The van der Waals surface area contributed by atoms with Crippen molar-refractivity contribution >= 4 is 44.0 Å². The second kappa shape index (κ2) is 9.66. The Morgan fingerprint density at radius 1 is 1.22 bits per heavy atom. The van der Waals surface area contributed by atoms with E-state index in [0.717, 1.165) is 21.0 Å². The quantitative estimate of drug-likeness (QED) is 0.560. The number of rotatable bonds is 6. The first-order valence-electron chi connectivity index (χ1n) is 10.2. The van der Waals surface area contributed by atoms with Crippen LogP contribution in [0.3, 0.4) is 0 Å². The number of hydrogen-bond donors (Lipinski definition) is 1. The lowest BCUT2D eigenvalue weighted by atomic mass is 9.97. The normalized spacial score (nSPS) is 15.6. The first-order valence-corrected chi connectivity index (χ1v) is 12.9. The summed E-state index contributed by atoms with van der Waals surface area (Å²) in [6.45, 7) is 2.56. The van der Waals surface area contributed by atoms with E-state index in [1.807, 2.05) is 25.1 Å². The van der Waals surface area contributed by atoms with E-state index in [9.17, 15) is 13.2 Å². The van der Waals surface area contributed by atoms with E-state index in [1.165, 1.54) is 34.1 Å². The molecular formula is C22H23ClN4O3S2. The minimum Gasteiger partial charge on any atom is -0.302 e. The highest BCUT2D eigenvalue weighted by molar-refractivity contribution is 7.89. The van der Waals surface area contributed by atoms with Crippen molar-refractivity contribution in [2.24, 2.45) is 5.92 Å². The number of benzene rings is 1. The van der Waals surface area contributed by atoms with Crippen LogP contribution in [0, 0.1) is 12.8 Å². The highest BCUT2D eigenvalue weighted by Crippen LogP contribution is 2.28. The number of carbonyl (C=O) groups excluding carboxylic acids is 1. The molecule has 0 atom stereocenters. The zero-order chi connectivity index (χ0) is 22.7. The standard InChI is InChI=1S/C22H23ClN4O3S2/c1-15-4-2-5-17(20(15)23)12-18-13-25-22(31-18)26-21(28)16-7-10-27(11-8-16)32(29,30)19-6-3-9-24-14-19/h2-6,9,13-14,16H,7-8,10-12H2,1H3,(H,25,26,28). The van der Waals surface area contributed by atoms with Gasteiger partial charge in [-0.25, -0.2) is 13.4 Å². The van der Waals surface area contributed by atoms with Gasteiger partial charge in [0.2, 0.25) is 15.9 Å². The third kappa shape index (κ3) is 5.01. The second-order valence-corrected chi connectivity index (χ2v) is 11.1. The van der Waals surface area contributed by atoms with Crippen molar-refractivity contribution in [1.82, 2.24) is 14.3 Å². The van der Waals surface area contributed by atoms with Gasteiger partial charge < -0.3 is 5.32 Å². The maximum atomic E-state index is 12.7. The maximum Gasteiger partial charge on any atom is 0.244 e. The summed E-state index contributed by atoms with van der Waals surface area (Å²) in [6, 6.07) is 9.06. The summed E-state index contributed by atoms with van der Waals surface area (Å²) in [5.74, 6) is -0.383. The molecule has 0 bridgehead atoms. The fraction of sp³-hybridized carbons (Fsp3) is 0.318. The number of thiazole rings is 1. The van der Waals surface area contributed by atoms with Gasteiger partial charge >= 0.3 is 0 Å². The van der Waals surface area contributed by atoms with Crippen LogP contribution in [0.5, 0.6) is 0 Å². The van der Waals surface area contributed by atoms with Gasteiger partial charge in [0.05, 0.1) is 0 Å². The molecule has 1 aromatic carbocycles. The molecule has 7 nitrogen and oxygen atoms in total. The average molecular weight is 491 g/mol. The van der Waals surface area contributed by atoms with E-state index in [4.69, 9.17) is 11.6 Å². The third-order valence-corrected chi connectivity index (χ3v) is 8.85. The van der Waals surface area contributed by atoms with E-state index in [2.05, 4.69) is 15.3 Å². The number of nitrogens with zero attached hydrogens (tertiary/aromatic N) is 3. The summed E-state index contributed by atoms with van der Waals surface area (Å²) in [5, 5.41) is 4.18. The van der Waals surface area contributed by atoms with Crippen LogP contribution in [0.4, 0.5) is 5.13 Å². The van der Waals surface area contributed by atoms with E-state index in [1.54, 1.807) is 12.3 Å². The number of hydrogen-bond acceptors (Lipinski definition) is 6. The molecule has 0 saturated carbocycles. The Balaban J connectivity index is 1.33. The zero-order valence-electron chi connectivity index (χ0n) is 17.5. The number of sulfonamides is 1. The lowest BCUT2D eigenvalue weighted by Crippen LogP contribution is -2.41. The predicted molar refractivity (Wildman–Crippen MR) is 125 cm³/mol. The molecule has 10 heteroatoms. The summed E-state index contributed by atoms with van der Waals surface area (Å²) in [4.78, 5) is 22.1. The van der Waals surface area contributed by atoms with Crippen LogP contribution in [0.1, 0.15) is 28.8 Å². The van der Waals surface area contributed by atoms with E-state index >= 15 is 0 Å². The van der Waals surface area contributed by atoms with E-state index in [0.29, 0.717) is 37.5 Å². The largest absolute Gasteiger partial charge is 0.302 e. The van der Waals surface area contributed by atoms with E-state index < -0.39 is 10.0 Å². The number of pyridine rings is 1. The van der Waals surface area contributed by atoms with Crippen LogP contribution in [0.25, 0.3) is 0 Å². The number of anilines is 1. The SMILES string of the molecule is Cc1cccc(Cc2cnc(NC(=O)C3CCN(S(=O)(=O)c4cccnc4)CC3)s2)c1Cl. The van der Waals surface area contributed by atoms with Crippen LogP contribution in [-0.2, 0) is 21.2 Å². The summed E-state index contributed by atoms with van der Waals surface area (Å²) >= 11 is 7.80. The number of aromatic nitrogens is 2. The smallest absolute Gasteiger partial charge is 0.244 e. The van der Waals surface area contributed by atoms with Gasteiger partial charge in [-0.15, -0.1) is 11.3 Å². The molecule has 1 fully saturated rings. The Hall–Kier alpha value is -2.33. The molecule has 1 aliphatic rings. The van der Waals surface area contributed by atoms with Crippen molar-refractivity contribution in [1.29, 1.82) is 0 Å². The molecule has 1 N–H and O–H groups in total. The molecule has 1 aliphatic heterocycles. The first-order chi connectivity index (χ1) is 15.3. The predicted octanol–water partition coefficient (Wildman–Crippen LogP) is 4.13. The molecule has 1 amide bonds. The van der Waals surface area contributed by atoms with Crippen molar-refractivity contribution in [3.8, 4) is 0 Å². The monoisotopic (exact) mass is 490 g/mol. The molecule has 3 aromatic rings. The van der Waals surface area contributed by atoms with Gasteiger partial charge in [-0.05, 0) is 43.0 Å². The Labute approximate surface area is 196 Å². The van der Waals surface area contributed by atoms with Crippen LogP contribution in [0.15, 0.2) is 53.8 Å². The number of piperidine rings is 1. The van der Waals surface area contributed by atoms with Gasteiger partial charge in [0.1, 0.15) is 4.90 Å². The van der Waals surface area contributed by atoms with E-state index in [-0.39, 0.29) is 16.7 Å². The Bertz CT molecular complexity index is 1210. The molecular weight excluding hydrogens is 468 g/mol. The summed E-state index contributed by atoms with van der Waals surface area (Å²) < 4.78 is 26.9. The number of nitrogens with one attached hydrogen (secondary N) is 1. The zero-order valence-corrected chi connectivity index (χ0v) is 19.9. The minimum absolute atomic E-state index is 0.127. The lowest BCUT2D eigenvalue weighted by Gasteiger charge is -2.30. The first kappa shape index (κ1) is 22.8. The van der Waals surface area contributed by atoms with Crippen molar-refractivity contribution in [3.05, 3.63) is 69.9 Å². The number of amides is 1. The second-order valence-electron chi connectivity index (χ2n) is 7.71. The highest BCUT2D eigenvalue weighted by Gasteiger charge is 2.32. The lowest BCUT2D eigenvalue weighted by molar-refractivity contribution is -0.120. The summed E-state index contributed by atoms with van der Waals surface area (Å²) in [5.41, 5.74) is 2.05. The molecule has 0 unspecified atom stereocenters. The summed E-state index contributed by atoms with van der Waals surface area (Å²) in [7, 11) is -3.59. The van der Waals surface area contributed by atoms with Gasteiger partial charge in [-0.2, -0.15) is 4.31 Å². The molecule has 2 aromatic heterocycles. The van der Waals surface area contributed by atoms with Crippen molar-refractivity contribution < 1.29 is 13.2 Å². The minimum atomic E-state index is -3.59. The Kier molecular flexibility index (Phi) is 6.90. The Morgan fingerprint density at radius 3 is 2.72 bits per heavy atom. The number of halogens is 1. The molecule has 4 rings (SSSR count). The number of carbonyl (C=O) groups is 1. The van der Waals surface area contributed by atoms with Crippen LogP contribution >= 0.6 is 22.9 Å². The van der Waals surface area contributed by atoms with Crippen molar-refractivity contribution in [3.63, 3.8) is 0 Å². The number of aryl methyl sites for hydroxylation is 1. The molecule has 0 spiro atoms. The maximum absolute atomic E-state index is 12.7. The van der Waals surface area contributed by atoms with Gasteiger partial charge in [0.25, 0.3) is 0 Å².